The Labute approximate surface area is 118 Å². The fourth-order valence-corrected chi connectivity index (χ4v) is 2.75. The Morgan fingerprint density at radius 3 is 2.60 bits per heavy atom. The molecule has 0 aliphatic carbocycles. The molecular formula is C13H22N2O5. The van der Waals surface area contributed by atoms with Gasteiger partial charge in [0.15, 0.2) is 6.04 Å². The van der Waals surface area contributed by atoms with Crippen LogP contribution in [0, 0.1) is 5.92 Å². The Hall–Kier alpha value is -1.34. The molecule has 7 heteroatoms. The molecule has 20 heavy (non-hydrogen) atoms. The molecule has 1 atom stereocenters. The Morgan fingerprint density at radius 1 is 1.30 bits per heavy atom. The second kappa shape index (κ2) is 6.90. The Morgan fingerprint density at radius 2 is 2.00 bits per heavy atom. The highest BCUT2D eigenvalue weighted by molar-refractivity contribution is 5.83. The number of ether oxygens (including phenoxy) is 2. The zero-order valence-corrected chi connectivity index (χ0v) is 11.8. The van der Waals surface area contributed by atoms with Crippen LogP contribution in [-0.4, -0.2) is 79.5 Å². The number of likely N-dealkylation sites (tertiary alicyclic amines) is 1. The number of carboxylic acids is 1. The van der Waals surface area contributed by atoms with Crippen molar-refractivity contribution >= 4 is 12.0 Å². The van der Waals surface area contributed by atoms with Gasteiger partial charge in [0.25, 0.3) is 0 Å². The van der Waals surface area contributed by atoms with E-state index in [1.165, 1.54) is 4.90 Å². The highest BCUT2D eigenvalue weighted by Crippen LogP contribution is 2.20. The summed E-state index contributed by atoms with van der Waals surface area (Å²) in [6.07, 6.45) is 1.81. The fourth-order valence-electron chi connectivity index (χ4n) is 2.75. The van der Waals surface area contributed by atoms with Crippen LogP contribution in [-0.2, 0) is 14.3 Å². The number of amides is 2. The average molecular weight is 286 g/mol. The Balaban J connectivity index is 1.92. The Kier molecular flexibility index (Phi) is 5.19. The summed E-state index contributed by atoms with van der Waals surface area (Å²) in [5.74, 6) is -0.517. The van der Waals surface area contributed by atoms with Gasteiger partial charge in [-0.25, -0.2) is 9.59 Å². The van der Waals surface area contributed by atoms with Gasteiger partial charge in [-0.2, -0.15) is 0 Å². The minimum absolute atomic E-state index is 0.0706. The summed E-state index contributed by atoms with van der Waals surface area (Å²) in [6.45, 7) is 2.86. The third kappa shape index (κ3) is 3.40. The van der Waals surface area contributed by atoms with E-state index in [9.17, 15) is 9.59 Å². The predicted molar refractivity (Wildman–Crippen MR) is 70.5 cm³/mol. The number of urea groups is 1. The third-order valence-corrected chi connectivity index (χ3v) is 3.95. The van der Waals surface area contributed by atoms with Crippen molar-refractivity contribution in [2.24, 2.45) is 5.92 Å². The summed E-state index contributed by atoms with van der Waals surface area (Å²) in [5, 5.41) is 9.16. The number of aliphatic carboxylic acids is 1. The molecule has 2 saturated heterocycles. The van der Waals surface area contributed by atoms with Crippen LogP contribution in [0.1, 0.15) is 12.8 Å². The molecule has 0 bridgehead atoms. The second-order valence-corrected chi connectivity index (χ2v) is 5.29. The average Bonchev–Trinajstić information content (AvgIpc) is 2.47. The molecule has 2 amide bonds. The molecule has 1 N–H and O–H groups in total. The molecule has 114 valence electrons. The van der Waals surface area contributed by atoms with E-state index in [-0.39, 0.29) is 12.6 Å². The topological polar surface area (TPSA) is 79.3 Å². The summed E-state index contributed by atoms with van der Waals surface area (Å²) in [4.78, 5) is 26.8. The number of hydrogen-bond donors (Lipinski definition) is 1. The van der Waals surface area contributed by atoms with E-state index in [1.54, 1.807) is 12.0 Å². The van der Waals surface area contributed by atoms with E-state index >= 15 is 0 Å². The van der Waals surface area contributed by atoms with Crippen molar-refractivity contribution < 1.29 is 24.2 Å². The standard InChI is InChI=1S/C13H22N2O5/c1-19-8-10-2-4-14(5-3-10)13(18)15-6-7-20-9-11(15)12(16)17/h10-11H,2-9H2,1H3,(H,16,17). The van der Waals surface area contributed by atoms with E-state index < -0.39 is 12.0 Å². The zero-order chi connectivity index (χ0) is 14.5. The van der Waals surface area contributed by atoms with Crippen molar-refractivity contribution in [2.45, 2.75) is 18.9 Å². The maximum atomic E-state index is 12.4. The van der Waals surface area contributed by atoms with Crippen LogP contribution in [0.15, 0.2) is 0 Å². The van der Waals surface area contributed by atoms with Crippen LogP contribution < -0.4 is 0 Å². The van der Waals surface area contributed by atoms with Crippen LogP contribution in [0.5, 0.6) is 0 Å². The molecule has 2 aliphatic heterocycles. The lowest BCUT2D eigenvalue weighted by Gasteiger charge is -2.39. The predicted octanol–water partition coefficient (Wildman–Crippen LogP) is 0.250. The van der Waals surface area contributed by atoms with Crippen molar-refractivity contribution in [3.8, 4) is 0 Å². The minimum atomic E-state index is -1.01. The van der Waals surface area contributed by atoms with Gasteiger partial charge in [-0.1, -0.05) is 0 Å². The fraction of sp³-hybridized carbons (Fsp3) is 0.846. The van der Waals surface area contributed by atoms with E-state index in [1.807, 2.05) is 0 Å². The van der Waals surface area contributed by atoms with Gasteiger partial charge < -0.3 is 24.4 Å². The molecular weight excluding hydrogens is 264 g/mol. The van der Waals surface area contributed by atoms with Crippen LogP contribution in [0.4, 0.5) is 4.79 Å². The smallest absolute Gasteiger partial charge is 0.328 e. The van der Waals surface area contributed by atoms with Gasteiger partial charge in [0, 0.05) is 33.4 Å². The quantitative estimate of drug-likeness (QED) is 0.804. The van der Waals surface area contributed by atoms with Gasteiger partial charge in [-0.3, -0.25) is 0 Å². The molecule has 0 saturated carbocycles. The Bertz CT molecular complexity index is 355. The minimum Gasteiger partial charge on any atom is -0.480 e. The number of hydrogen-bond acceptors (Lipinski definition) is 4. The first-order valence-corrected chi connectivity index (χ1v) is 6.98. The normalized spacial score (nSPS) is 24.8. The van der Waals surface area contributed by atoms with E-state index in [0.29, 0.717) is 32.2 Å². The molecule has 0 aromatic carbocycles. The van der Waals surface area contributed by atoms with Crippen molar-refractivity contribution in [2.75, 3.05) is 46.6 Å². The summed E-state index contributed by atoms with van der Waals surface area (Å²) in [5.41, 5.74) is 0. The highest BCUT2D eigenvalue weighted by Gasteiger charge is 2.36. The molecule has 2 fully saturated rings. The lowest BCUT2D eigenvalue weighted by Crippen LogP contribution is -2.57. The SMILES string of the molecule is COCC1CCN(C(=O)N2CCOCC2C(=O)O)CC1. The first-order valence-electron chi connectivity index (χ1n) is 6.98. The van der Waals surface area contributed by atoms with Gasteiger partial charge in [0.05, 0.1) is 13.2 Å². The van der Waals surface area contributed by atoms with Gasteiger partial charge in [0.2, 0.25) is 0 Å². The van der Waals surface area contributed by atoms with E-state index in [2.05, 4.69) is 0 Å². The number of carbonyl (C=O) groups excluding carboxylic acids is 1. The zero-order valence-electron chi connectivity index (χ0n) is 11.8. The molecule has 0 radical (unpaired) electrons. The molecule has 2 heterocycles. The van der Waals surface area contributed by atoms with Gasteiger partial charge in [-0.05, 0) is 18.8 Å². The first kappa shape index (κ1) is 15.1. The molecule has 2 rings (SSSR count). The summed E-state index contributed by atoms with van der Waals surface area (Å²) in [7, 11) is 1.68. The number of carboxylic acid groups (broad SMARTS) is 1. The molecule has 7 nitrogen and oxygen atoms in total. The molecule has 0 aromatic heterocycles. The highest BCUT2D eigenvalue weighted by atomic mass is 16.5. The van der Waals surface area contributed by atoms with Crippen molar-refractivity contribution in [3.63, 3.8) is 0 Å². The summed E-state index contributed by atoms with van der Waals surface area (Å²) >= 11 is 0. The third-order valence-electron chi connectivity index (χ3n) is 3.95. The largest absolute Gasteiger partial charge is 0.480 e. The lowest BCUT2D eigenvalue weighted by atomic mass is 9.98. The van der Waals surface area contributed by atoms with Crippen molar-refractivity contribution in [3.05, 3.63) is 0 Å². The molecule has 0 aromatic rings. The van der Waals surface area contributed by atoms with E-state index in [0.717, 1.165) is 19.4 Å². The molecule has 1 unspecified atom stereocenters. The van der Waals surface area contributed by atoms with Crippen LogP contribution >= 0.6 is 0 Å². The second-order valence-electron chi connectivity index (χ2n) is 5.29. The first-order chi connectivity index (χ1) is 9.63. The van der Waals surface area contributed by atoms with Crippen LogP contribution in [0.25, 0.3) is 0 Å². The lowest BCUT2D eigenvalue weighted by molar-refractivity contribution is -0.147. The maximum absolute atomic E-state index is 12.4. The number of morpholine rings is 1. The molecule has 0 spiro atoms. The molecule has 2 aliphatic rings. The number of piperidine rings is 1. The monoisotopic (exact) mass is 286 g/mol. The summed E-state index contributed by atoms with van der Waals surface area (Å²) in [6, 6.07) is -1.05. The summed E-state index contributed by atoms with van der Waals surface area (Å²) < 4.78 is 10.3. The van der Waals surface area contributed by atoms with Crippen molar-refractivity contribution in [1.29, 1.82) is 0 Å². The number of carbonyl (C=O) groups is 2. The van der Waals surface area contributed by atoms with E-state index in [4.69, 9.17) is 14.6 Å². The van der Waals surface area contributed by atoms with Gasteiger partial charge >= 0.3 is 12.0 Å². The van der Waals surface area contributed by atoms with Crippen LogP contribution in [0.2, 0.25) is 0 Å². The van der Waals surface area contributed by atoms with Gasteiger partial charge in [0.1, 0.15) is 0 Å². The van der Waals surface area contributed by atoms with Crippen molar-refractivity contribution in [1.82, 2.24) is 9.80 Å². The van der Waals surface area contributed by atoms with Gasteiger partial charge in [-0.15, -0.1) is 0 Å². The maximum Gasteiger partial charge on any atom is 0.328 e. The number of nitrogens with zero attached hydrogens (tertiary/aromatic N) is 2. The number of methoxy groups -OCH3 is 1. The van der Waals surface area contributed by atoms with Crippen LogP contribution in [0.3, 0.4) is 0 Å². The number of rotatable bonds is 3.